The second kappa shape index (κ2) is 13.1. The van der Waals surface area contributed by atoms with Crippen molar-refractivity contribution in [1.29, 1.82) is 0 Å². The topological polar surface area (TPSA) is 94.0 Å². The molecule has 228 valence electrons. The first-order chi connectivity index (χ1) is 22.0. The summed E-state index contributed by atoms with van der Waals surface area (Å²) in [6.45, 7) is 5.18. The molecule has 1 aromatic heterocycles. The van der Waals surface area contributed by atoms with Gasteiger partial charge in [0, 0.05) is 24.9 Å². The molecule has 0 unspecified atom stereocenters. The van der Waals surface area contributed by atoms with Crippen LogP contribution in [0.25, 0.3) is 10.9 Å². The normalized spacial score (nSPS) is 18.1. The van der Waals surface area contributed by atoms with Gasteiger partial charge in [0.15, 0.2) is 0 Å². The van der Waals surface area contributed by atoms with E-state index in [1.165, 1.54) is 5.01 Å². The van der Waals surface area contributed by atoms with Crippen molar-refractivity contribution >= 4 is 28.7 Å². The maximum absolute atomic E-state index is 14.3. The molecule has 0 saturated carbocycles. The number of para-hydroxylation sites is 1. The lowest BCUT2D eigenvalue weighted by Crippen LogP contribution is -2.66. The van der Waals surface area contributed by atoms with Gasteiger partial charge < -0.3 is 15.1 Å². The zero-order valence-corrected chi connectivity index (χ0v) is 25.0. The Hall–Kier alpha value is -5.40. The lowest BCUT2D eigenvalue weighted by Gasteiger charge is -2.46. The highest BCUT2D eigenvalue weighted by Crippen LogP contribution is 2.31. The van der Waals surface area contributed by atoms with Gasteiger partial charge in [0.2, 0.25) is 11.8 Å². The van der Waals surface area contributed by atoms with Crippen LogP contribution < -0.4 is 5.32 Å². The molecule has 0 radical (unpaired) electrons. The summed E-state index contributed by atoms with van der Waals surface area (Å²) >= 11 is 0. The molecule has 4 aromatic rings. The molecule has 3 aromatic carbocycles. The molecule has 6 rings (SSSR count). The second-order valence-corrected chi connectivity index (χ2v) is 11.2. The molecule has 0 spiro atoms. The van der Waals surface area contributed by atoms with E-state index in [0.717, 1.165) is 27.6 Å². The number of aromatic nitrogens is 2. The van der Waals surface area contributed by atoms with Crippen molar-refractivity contribution < 1.29 is 14.4 Å². The number of fused-ring (bicyclic) bond motifs is 2. The van der Waals surface area contributed by atoms with Crippen LogP contribution in [0.2, 0.25) is 0 Å². The van der Waals surface area contributed by atoms with Crippen LogP contribution in [0, 0.1) is 12.3 Å². The lowest BCUT2D eigenvalue weighted by molar-refractivity contribution is -0.157. The fraction of sp³-hybridized carbons (Fsp3) is 0.257. The van der Waals surface area contributed by atoms with Gasteiger partial charge in [-0.1, -0.05) is 90.9 Å². The fourth-order valence-electron chi connectivity index (χ4n) is 6.28. The Morgan fingerprint density at radius 2 is 1.78 bits per heavy atom. The van der Waals surface area contributed by atoms with Crippen molar-refractivity contribution in [1.82, 2.24) is 34.9 Å². The van der Waals surface area contributed by atoms with E-state index in [2.05, 4.69) is 22.9 Å². The van der Waals surface area contributed by atoms with E-state index >= 15 is 0 Å². The molecule has 0 bridgehead atoms. The van der Waals surface area contributed by atoms with Gasteiger partial charge in [-0.05, 0) is 16.7 Å². The highest BCUT2D eigenvalue weighted by Gasteiger charge is 2.52. The van der Waals surface area contributed by atoms with E-state index in [1.807, 2.05) is 78.9 Å². The molecule has 2 saturated heterocycles. The van der Waals surface area contributed by atoms with Gasteiger partial charge in [-0.25, -0.2) is 4.79 Å². The van der Waals surface area contributed by atoms with Crippen LogP contribution in [0.4, 0.5) is 4.79 Å². The molecule has 2 aliphatic rings. The number of nitrogens with zero attached hydrogens (tertiary/aromatic N) is 6. The number of carbonyl (C=O) groups excluding carboxylic acids is 3. The summed E-state index contributed by atoms with van der Waals surface area (Å²) in [7, 11) is 0. The van der Waals surface area contributed by atoms with Crippen molar-refractivity contribution in [3.63, 3.8) is 0 Å². The molecule has 10 nitrogen and oxygen atoms in total. The standard InChI is InChI=1S/C35H35N7O3/c1-3-18-39-33-28(22-37-39)16-11-17-29(33)23-38-24-31-41(40(19-4-2)35(45)36-21-27-14-9-6-10-15-27)25-32(43)42(31)30(34(38)44)20-26-12-7-5-8-13-26/h1,4-17,22,30-31H,2,18-21,23-25H2,(H,36,45)/t30-,31+/m0/s1. The van der Waals surface area contributed by atoms with Gasteiger partial charge in [-0.15, -0.1) is 13.0 Å². The highest BCUT2D eigenvalue weighted by atomic mass is 16.2. The number of rotatable bonds is 10. The fourth-order valence-corrected chi connectivity index (χ4v) is 6.28. The van der Waals surface area contributed by atoms with E-state index in [4.69, 9.17) is 6.42 Å². The van der Waals surface area contributed by atoms with E-state index in [-0.39, 0.29) is 37.5 Å². The molecular formula is C35H35N7O3. The molecule has 4 amide bonds. The third-order valence-corrected chi connectivity index (χ3v) is 8.32. The number of benzene rings is 3. The van der Waals surface area contributed by atoms with Crippen molar-refractivity contribution in [2.24, 2.45) is 0 Å². The molecule has 2 atom stereocenters. The first-order valence-corrected chi connectivity index (χ1v) is 15.0. The predicted octanol–water partition coefficient (Wildman–Crippen LogP) is 3.41. The Bertz CT molecular complexity index is 1750. The van der Waals surface area contributed by atoms with Gasteiger partial charge in [0.25, 0.3) is 0 Å². The molecule has 1 N–H and O–H groups in total. The number of urea groups is 1. The summed E-state index contributed by atoms with van der Waals surface area (Å²) in [6, 6.07) is 24.1. The van der Waals surface area contributed by atoms with E-state index in [1.54, 1.807) is 31.8 Å². The van der Waals surface area contributed by atoms with Crippen molar-refractivity contribution in [2.75, 3.05) is 19.6 Å². The highest BCUT2D eigenvalue weighted by molar-refractivity contribution is 5.92. The van der Waals surface area contributed by atoms with Crippen molar-refractivity contribution in [3.05, 3.63) is 114 Å². The summed E-state index contributed by atoms with van der Waals surface area (Å²) in [5, 5.41) is 11.7. The van der Waals surface area contributed by atoms with Crippen LogP contribution in [0.3, 0.4) is 0 Å². The monoisotopic (exact) mass is 601 g/mol. The Morgan fingerprint density at radius 3 is 2.49 bits per heavy atom. The molecule has 0 aliphatic carbocycles. The summed E-state index contributed by atoms with van der Waals surface area (Å²) in [6.07, 6.45) is 8.82. The first kappa shape index (κ1) is 29.7. The van der Waals surface area contributed by atoms with Gasteiger partial charge in [0.1, 0.15) is 18.8 Å². The Kier molecular flexibility index (Phi) is 8.62. The number of carbonyl (C=O) groups is 3. The van der Waals surface area contributed by atoms with E-state index in [0.29, 0.717) is 26.1 Å². The van der Waals surface area contributed by atoms with Gasteiger partial charge >= 0.3 is 6.03 Å². The Balaban J connectivity index is 1.33. The minimum absolute atomic E-state index is 0.0335. The van der Waals surface area contributed by atoms with Crippen LogP contribution in [-0.2, 0) is 35.6 Å². The second-order valence-electron chi connectivity index (χ2n) is 11.2. The van der Waals surface area contributed by atoms with Crippen LogP contribution in [-0.4, -0.2) is 79.3 Å². The third kappa shape index (κ3) is 6.03. The van der Waals surface area contributed by atoms with E-state index < -0.39 is 12.2 Å². The number of terminal acetylenes is 1. The smallest absolute Gasteiger partial charge is 0.332 e. The summed E-state index contributed by atoms with van der Waals surface area (Å²) < 4.78 is 1.77. The van der Waals surface area contributed by atoms with Crippen LogP contribution in [0.1, 0.15) is 16.7 Å². The maximum atomic E-state index is 14.3. The van der Waals surface area contributed by atoms with Gasteiger partial charge in [0.05, 0.1) is 31.3 Å². The zero-order valence-electron chi connectivity index (χ0n) is 25.0. The average molecular weight is 602 g/mol. The molecule has 3 heterocycles. The van der Waals surface area contributed by atoms with Crippen LogP contribution in [0.5, 0.6) is 0 Å². The number of hydrazine groups is 1. The predicted molar refractivity (Wildman–Crippen MR) is 171 cm³/mol. The zero-order chi connectivity index (χ0) is 31.3. The molecular weight excluding hydrogens is 566 g/mol. The van der Waals surface area contributed by atoms with Gasteiger partial charge in [-0.3, -0.25) is 19.3 Å². The number of hydrogen-bond donors (Lipinski definition) is 1. The maximum Gasteiger partial charge on any atom is 0.332 e. The van der Waals surface area contributed by atoms with Crippen molar-refractivity contribution in [3.8, 4) is 12.3 Å². The summed E-state index contributed by atoms with van der Waals surface area (Å²) in [5.74, 6) is 2.31. The summed E-state index contributed by atoms with van der Waals surface area (Å²) in [5.41, 5.74) is 3.68. The van der Waals surface area contributed by atoms with Crippen LogP contribution in [0.15, 0.2) is 97.7 Å². The molecule has 2 fully saturated rings. The van der Waals surface area contributed by atoms with Crippen molar-refractivity contribution in [2.45, 2.75) is 38.3 Å². The minimum Gasteiger partial charge on any atom is -0.333 e. The SMILES string of the molecule is C#CCn1ncc2cccc(CN3C[C@H]4N(C(=O)CN4N(CC=C)C(=O)NCc4ccccc4)[C@@H](Cc4ccccc4)C3=O)c21. The number of nitrogens with one attached hydrogen (secondary N) is 1. The summed E-state index contributed by atoms with van der Waals surface area (Å²) in [4.78, 5) is 45.0. The molecule has 45 heavy (non-hydrogen) atoms. The Labute approximate surface area is 262 Å². The average Bonchev–Trinajstić information content (AvgIpc) is 3.62. The largest absolute Gasteiger partial charge is 0.333 e. The first-order valence-electron chi connectivity index (χ1n) is 15.0. The molecule has 10 heteroatoms. The van der Waals surface area contributed by atoms with Gasteiger partial charge in [-0.2, -0.15) is 10.1 Å². The number of amides is 4. The number of hydrogen-bond acceptors (Lipinski definition) is 5. The minimum atomic E-state index is -0.739. The third-order valence-electron chi connectivity index (χ3n) is 8.32. The quantitative estimate of drug-likeness (QED) is 0.222. The molecule has 2 aliphatic heterocycles. The number of piperazine rings is 1. The van der Waals surface area contributed by atoms with E-state index in [9.17, 15) is 14.4 Å². The Morgan fingerprint density at radius 1 is 1.04 bits per heavy atom. The van der Waals surface area contributed by atoms with Crippen LogP contribution >= 0.6 is 0 Å². The lowest BCUT2D eigenvalue weighted by atomic mass is 9.99.